The van der Waals surface area contributed by atoms with Crippen molar-refractivity contribution in [3.63, 3.8) is 0 Å². The minimum absolute atomic E-state index is 0.158. The van der Waals surface area contributed by atoms with E-state index in [0.717, 1.165) is 62.1 Å². The molecule has 1 spiro atoms. The van der Waals surface area contributed by atoms with Crippen LogP contribution in [0, 0.1) is 5.82 Å². The lowest BCUT2D eigenvalue weighted by molar-refractivity contribution is -0.125. The van der Waals surface area contributed by atoms with Crippen LogP contribution in [0.15, 0.2) is 61.2 Å². The van der Waals surface area contributed by atoms with Crippen LogP contribution in [0.2, 0.25) is 0 Å². The second kappa shape index (κ2) is 8.37. The van der Waals surface area contributed by atoms with Gasteiger partial charge in [0.25, 0.3) is 0 Å². The molecule has 2 heterocycles. The van der Waals surface area contributed by atoms with Crippen molar-refractivity contribution in [3.8, 4) is 0 Å². The highest BCUT2D eigenvalue weighted by molar-refractivity contribution is 5.93. The lowest BCUT2D eigenvalue weighted by Crippen LogP contribution is -2.56. The molecule has 2 fully saturated rings. The number of para-hydroxylation sites is 1. The Morgan fingerprint density at radius 3 is 2.45 bits per heavy atom. The maximum absolute atomic E-state index is 13.1. The molecular weight excluding hydrogens is 365 g/mol. The largest absolute Gasteiger partial charge is 0.339 e. The van der Waals surface area contributed by atoms with Crippen molar-refractivity contribution in [3.05, 3.63) is 72.6 Å². The average Bonchev–Trinajstić information content (AvgIpc) is 3.06. The van der Waals surface area contributed by atoms with Gasteiger partial charge in [-0.05, 0) is 67.6 Å². The molecule has 0 radical (unpaired) electrons. The fourth-order valence-electron chi connectivity index (χ4n) is 4.53. The van der Waals surface area contributed by atoms with E-state index in [9.17, 15) is 9.18 Å². The molecule has 1 amide bonds. The minimum atomic E-state index is -0.421. The third-order valence-corrected chi connectivity index (χ3v) is 6.29. The van der Waals surface area contributed by atoms with E-state index < -0.39 is 5.54 Å². The number of hydrogen-bond acceptors (Lipinski definition) is 3. The van der Waals surface area contributed by atoms with Gasteiger partial charge in [-0.1, -0.05) is 36.9 Å². The second-order valence-electron chi connectivity index (χ2n) is 8.01. The molecule has 0 saturated carbocycles. The number of anilines is 1. The number of nitrogens with zero attached hydrogens (tertiary/aromatic N) is 2. The van der Waals surface area contributed by atoms with Gasteiger partial charge in [0.1, 0.15) is 11.4 Å². The van der Waals surface area contributed by atoms with Crippen LogP contribution >= 0.6 is 0 Å². The summed E-state index contributed by atoms with van der Waals surface area (Å²) in [6.45, 7) is 7.55. The zero-order chi connectivity index (χ0) is 20.3. The first-order valence-electron chi connectivity index (χ1n) is 10.4. The molecule has 5 heteroatoms. The number of carbonyl (C=O) groups is 1. The lowest BCUT2D eigenvalue weighted by atomic mass is 9.85. The smallest absolute Gasteiger partial charge is 0.247 e. The van der Waals surface area contributed by atoms with Gasteiger partial charge in [0.15, 0.2) is 0 Å². The Kier molecular flexibility index (Phi) is 5.67. The van der Waals surface area contributed by atoms with E-state index in [4.69, 9.17) is 0 Å². The number of carbonyl (C=O) groups excluding carboxylic acids is 1. The van der Waals surface area contributed by atoms with Crippen molar-refractivity contribution < 1.29 is 9.18 Å². The summed E-state index contributed by atoms with van der Waals surface area (Å²) in [5.41, 5.74) is 2.74. The van der Waals surface area contributed by atoms with Gasteiger partial charge in [-0.25, -0.2) is 4.39 Å². The van der Waals surface area contributed by atoms with Crippen LogP contribution in [-0.4, -0.2) is 42.6 Å². The summed E-state index contributed by atoms with van der Waals surface area (Å²) in [4.78, 5) is 17.4. The first kappa shape index (κ1) is 19.6. The van der Waals surface area contributed by atoms with Crippen molar-refractivity contribution in [1.82, 2.24) is 10.2 Å². The molecule has 0 unspecified atom stereocenters. The minimum Gasteiger partial charge on any atom is -0.339 e. The first-order chi connectivity index (χ1) is 14.1. The molecule has 2 saturated heterocycles. The Morgan fingerprint density at radius 1 is 1.07 bits per heavy atom. The lowest BCUT2D eigenvalue weighted by Gasteiger charge is -2.43. The number of halogens is 1. The van der Waals surface area contributed by atoms with E-state index in [1.165, 1.54) is 12.1 Å². The van der Waals surface area contributed by atoms with Crippen LogP contribution in [0.3, 0.4) is 0 Å². The molecule has 0 atom stereocenters. The number of nitrogens with one attached hydrogen (secondary N) is 1. The predicted molar refractivity (Wildman–Crippen MR) is 115 cm³/mol. The Balaban J connectivity index is 1.30. The number of rotatable bonds is 6. The summed E-state index contributed by atoms with van der Waals surface area (Å²) in [7, 11) is 0. The Hall–Kier alpha value is -2.66. The van der Waals surface area contributed by atoms with E-state index in [1.54, 1.807) is 12.1 Å². The zero-order valence-electron chi connectivity index (χ0n) is 16.7. The fourth-order valence-corrected chi connectivity index (χ4v) is 4.53. The molecule has 2 aromatic rings. The summed E-state index contributed by atoms with van der Waals surface area (Å²) < 4.78 is 13.1. The van der Waals surface area contributed by atoms with Gasteiger partial charge in [-0.2, -0.15) is 0 Å². The van der Waals surface area contributed by atoms with E-state index in [1.807, 2.05) is 18.2 Å². The highest BCUT2D eigenvalue weighted by Gasteiger charge is 2.50. The average molecular weight is 394 g/mol. The number of benzene rings is 2. The molecule has 0 bridgehead atoms. The Labute approximate surface area is 172 Å². The van der Waals surface area contributed by atoms with Crippen molar-refractivity contribution in [2.75, 3.05) is 31.2 Å². The third-order valence-electron chi connectivity index (χ3n) is 6.29. The third kappa shape index (κ3) is 4.06. The van der Waals surface area contributed by atoms with Crippen molar-refractivity contribution in [2.24, 2.45) is 0 Å². The van der Waals surface area contributed by atoms with Crippen LogP contribution in [0.1, 0.15) is 31.2 Å². The van der Waals surface area contributed by atoms with Crippen molar-refractivity contribution in [1.29, 1.82) is 0 Å². The standard InChI is InChI=1S/C24H28FN3O/c1-19(20-9-11-21(25)12-10-20)6-5-15-27-16-13-24(14-17-27)23(29)26-18-28(24)22-7-3-2-4-8-22/h2-4,7-12H,1,5-6,13-18H2,(H,26,29). The molecular formula is C24H28FN3O. The molecule has 2 aliphatic rings. The van der Waals surface area contributed by atoms with Crippen LogP contribution in [0.25, 0.3) is 5.57 Å². The molecule has 4 rings (SSSR count). The first-order valence-corrected chi connectivity index (χ1v) is 10.4. The van der Waals surface area contributed by atoms with Gasteiger partial charge in [0.2, 0.25) is 5.91 Å². The van der Waals surface area contributed by atoms with E-state index in [-0.39, 0.29) is 11.7 Å². The number of allylic oxidation sites excluding steroid dienone is 1. The number of amides is 1. The van der Waals surface area contributed by atoms with Crippen LogP contribution in [0.4, 0.5) is 10.1 Å². The SMILES string of the molecule is C=C(CCCN1CCC2(CC1)C(=O)NCN2c1ccccc1)c1ccc(F)cc1. The van der Waals surface area contributed by atoms with Gasteiger partial charge < -0.3 is 15.1 Å². The van der Waals surface area contributed by atoms with Gasteiger partial charge in [0, 0.05) is 18.8 Å². The summed E-state index contributed by atoms with van der Waals surface area (Å²) in [6, 6.07) is 16.8. The van der Waals surface area contributed by atoms with E-state index in [2.05, 4.69) is 33.8 Å². The van der Waals surface area contributed by atoms with Gasteiger partial charge in [-0.3, -0.25) is 4.79 Å². The summed E-state index contributed by atoms with van der Waals surface area (Å²) in [6.07, 6.45) is 3.58. The maximum Gasteiger partial charge on any atom is 0.247 e. The summed E-state index contributed by atoms with van der Waals surface area (Å²) >= 11 is 0. The molecule has 1 N–H and O–H groups in total. The summed E-state index contributed by atoms with van der Waals surface area (Å²) in [5.74, 6) is -0.0602. The molecule has 2 aliphatic heterocycles. The van der Waals surface area contributed by atoms with Crippen molar-refractivity contribution in [2.45, 2.75) is 31.2 Å². The highest BCUT2D eigenvalue weighted by Crippen LogP contribution is 2.36. The van der Waals surface area contributed by atoms with Gasteiger partial charge in [-0.15, -0.1) is 0 Å². The Bertz CT molecular complexity index is 857. The number of likely N-dealkylation sites (tertiary alicyclic amines) is 1. The number of hydrogen-bond donors (Lipinski definition) is 1. The van der Waals surface area contributed by atoms with Gasteiger partial charge >= 0.3 is 0 Å². The second-order valence-corrected chi connectivity index (χ2v) is 8.01. The Morgan fingerprint density at radius 2 is 1.76 bits per heavy atom. The molecule has 152 valence electrons. The van der Waals surface area contributed by atoms with Crippen LogP contribution in [0.5, 0.6) is 0 Å². The normalized spacial score (nSPS) is 18.8. The molecule has 2 aromatic carbocycles. The zero-order valence-corrected chi connectivity index (χ0v) is 16.7. The van der Waals surface area contributed by atoms with Crippen LogP contribution in [-0.2, 0) is 4.79 Å². The molecule has 0 aromatic heterocycles. The van der Waals surface area contributed by atoms with Gasteiger partial charge in [0.05, 0.1) is 6.67 Å². The fraction of sp³-hybridized carbons (Fsp3) is 0.375. The molecule has 29 heavy (non-hydrogen) atoms. The number of piperidine rings is 1. The monoisotopic (exact) mass is 393 g/mol. The topological polar surface area (TPSA) is 35.6 Å². The maximum atomic E-state index is 13.1. The predicted octanol–water partition coefficient (Wildman–Crippen LogP) is 4.05. The van der Waals surface area contributed by atoms with Crippen LogP contribution < -0.4 is 10.2 Å². The van der Waals surface area contributed by atoms with Crippen molar-refractivity contribution >= 4 is 17.2 Å². The summed E-state index contributed by atoms with van der Waals surface area (Å²) in [5, 5.41) is 3.05. The quantitative estimate of drug-likeness (QED) is 0.804. The molecule has 4 nitrogen and oxygen atoms in total. The molecule has 0 aliphatic carbocycles. The van der Waals surface area contributed by atoms with E-state index in [0.29, 0.717) is 6.67 Å². The highest BCUT2D eigenvalue weighted by atomic mass is 19.1. The van der Waals surface area contributed by atoms with E-state index >= 15 is 0 Å².